The minimum Gasteiger partial charge on any atom is -0.230 e. The molecule has 1 aromatic heterocycles. The average Bonchev–Trinajstić information content (AvgIpc) is 2.45. The van der Waals surface area contributed by atoms with Crippen molar-refractivity contribution in [3.63, 3.8) is 0 Å². The molecular formula is C20H29N2+. The van der Waals surface area contributed by atoms with Crippen LogP contribution < -0.4 is 9.47 Å². The number of nitrogens with zero attached hydrogens (tertiary/aromatic N) is 2. The second-order valence-corrected chi connectivity index (χ2v) is 7.93. The van der Waals surface area contributed by atoms with Gasteiger partial charge in [-0.05, 0) is 38.3 Å². The van der Waals surface area contributed by atoms with Gasteiger partial charge in [-0.15, -0.1) is 0 Å². The lowest BCUT2D eigenvalue weighted by Gasteiger charge is -2.27. The van der Waals surface area contributed by atoms with Crippen LogP contribution in [0.15, 0.2) is 48.7 Å². The van der Waals surface area contributed by atoms with E-state index in [1.807, 2.05) is 0 Å². The third-order valence-corrected chi connectivity index (χ3v) is 3.98. The van der Waals surface area contributed by atoms with Crippen LogP contribution in [0.5, 0.6) is 0 Å². The Morgan fingerprint density at radius 2 is 1.41 bits per heavy atom. The van der Waals surface area contributed by atoms with E-state index in [9.17, 15) is 0 Å². The number of hydrogen-bond acceptors (Lipinski definition) is 1. The van der Waals surface area contributed by atoms with Crippen molar-refractivity contribution in [2.75, 3.05) is 11.9 Å². The first-order chi connectivity index (χ1) is 10.1. The molecule has 0 aliphatic carbocycles. The fourth-order valence-corrected chi connectivity index (χ4v) is 2.80. The van der Waals surface area contributed by atoms with Gasteiger partial charge in [0, 0.05) is 11.6 Å². The predicted molar refractivity (Wildman–Crippen MR) is 94.8 cm³/mol. The smallest absolute Gasteiger partial charge is 0.230 e. The van der Waals surface area contributed by atoms with Gasteiger partial charge in [0.05, 0.1) is 13.2 Å². The Labute approximate surface area is 135 Å². The van der Waals surface area contributed by atoms with E-state index >= 15 is 0 Å². The molecule has 0 saturated carbocycles. The molecule has 1 aromatic carbocycles. The van der Waals surface area contributed by atoms with Crippen molar-refractivity contribution < 1.29 is 4.57 Å². The summed E-state index contributed by atoms with van der Waals surface area (Å²) in [5.74, 6) is 1.20. The topological polar surface area (TPSA) is 7.12 Å². The summed E-state index contributed by atoms with van der Waals surface area (Å²) in [5.41, 5.74) is 2.79. The molecule has 0 N–H and O–H groups in total. The monoisotopic (exact) mass is 297 g/mol. The van der Waals surface area contributed by atoms with E-state index in [-0.39, 0.29) is 11.0 Å². The zero-order valence-electron chi connectivity index (χ0n) is 15.0. The van der Waals surface area contributed by atoms with Gasteiger partial charge in [-0.1, -0.05) is 45.0 Å². The number of anilines is 2. The van der Waals surface area contributed by atoms with Crippen molar-refractivity contribution >= 4 is 11.5 Å². The second kappa shape index (κ2) is 5.75. The quantitative estimate of drug-likeness (QED) is 0.723. The lowest BCUT2D eigenvalue weighted by Crippen LogP contribution is -2.52. The van der Waals surface area contributed by atoms with Crippen molar-refractivity contribution in [3.8, 4) is 0 Å². The van der Waals surface area contributed by atoms with Crippen LogP contribution in [0.4, 0.5) is 11.5 Å². The molecule has 22 heavy (non-hydrogen) atoms. The first-order valence-electron chi connectivity index (χ1n) is 7.97. The van der Waals surface area contributed by atoms with Gasteiger partial charge in [0.2, 0.25) is 0 Å². The molecule has 0 saturated heterocycles. The van der Waals surface area contributed by atoms with E-state index < -0.39 is 0 Å². The SMILES string of the molecule is CN(c1ccccc1C(C)(C)C)c1cccc[n+]1C(C)(C)C. The lowest BCUT2D eigenvalue weighted by atomic mass is 9.85. The van der Waals surface area contributed by atoms with Crippen molar-refractivity contribution in [2.45, 2.75) is 52.5 Å². The van der Waals surface area contributed by atoms with Gasteiger partial charge in [0.25, 0.3) is 5.82 Å². The molecule has 1 heterocycles. The van der Waals surface area contributed by atoms with Gasteiger partial charge in [0.15, 0.2) is 0 Å². The Bertz CT molecular complexity index is 588. The predicted octanol–water partition coefficient (Wildman–Crippen LogP) is 4.79. The zero-order chi connectivity index (χ0) is 16.5. The first kappa shape index (κ1) is 16.5. The van der Waals surface area contributed by atoms with Crippen LogP contribution in [-0.4, -0.2) is 7.05 Å². The van der Waals surface area contributed by atoms with Gasteiger partial charge < -0.3 is 0 Å². The highest BCUT2D eigenvalue weighted by Crippen LogP contribution is 2.34. The van der Waals surface area contributed by atoms with Crippen molar-refractivity contribution in [2.24, 2.45) is 0 Å². The van der Waals surface area contributed by atoms with E-state index in [0.717, 1.165) is 0 Å². The van der Waals surface area contributed by atoms with Crippen LogP contribution in [0.1, 0.15) is 47.1 Å². The van der Waals surface area contributed by atoms with Gasteiger partial charge in [-0.3, -0.25) is 0 Å². The summed E-state index contributed by atoms with van der Waals surface area (Å²) in [6.07, 6.45) is 2.16. The molecule has 0 atom stereocenters. The molecule has 0 fully saturated rings. The largest absolute Gasteiger partial charge is 0.281 e. The van der Waals surface area contributed by atoms with Crippen LogP contribution in [0.25, 0.3) is 0 Å². The van der Waals surface area contributed by atoms with Gasteiger partial charge in [0.1, 0.15) is 11.2 Å². The number of benzene rings is 1. The van der Waals surface area contributed by atoms with Gasteiger partial charge in [-0.25, -0.2) is 9.47 Å². The summed E-state index contributed by atoms with van der Waals surface area (Å²) in [7, 11) is 2.15. The molecule has 0 bridgehead atoms. The molecule has 2 aromatic rings. The molecule has 0 radical (unpaired) electrons. The summed E-state index contributed by atoms with van der Waals surface area (Å²) in [6, 6.07) is 15.1. The lowest BCUT2D eigenvalue weighted by molar-refractivity contribution is -0.742. The van der Waals surface area contributed by atoms with E-state index in [1.54, 1.807) is 0 Å². The maximum Gasteiger partial charge on any atom is 0.281 e. The summed E-state index contributed by atoms with van der Waals surface area (Å²) < 4.78 is 2.33. The van der Waals surface area contributed by atoms with Gasteiger partial charge >= 0.3 is 0 Å². The molecule has 0 aliphatic heterocycles. The molecule has 0 spiro atoms. The third kappa shape index (κ3) is 3.32. The Kier molecular flexibility index (Phi) is 4.32. The molecular weight excluding hydrogens is 268 g/mol. The van der Waals surface area contributed by atoms with E-state index in [0.29, 0.717) is 0 Å². The molecule has 2 nitrogen and oxygen atoms in total. The maximum atomic E-state index is 2.33. The molecule has 2 rings (SSSR count). The normalized spacial score (nSPS) is 12.3. The molecule has 2 heteroatoms. The standard InChI is InChI=1S/C20H29N2/c1-19(2,3)16-12-8-9-13-17(16)21(7)18-14-10-11-15-22(18)20(4,5)6/h8-15H,1-7H3/q+1. The average molecular weight is 297 g/mol. The van der Waals surface area contributed by atoms with Crippen LogP contribution in [0.3, 0.4) is 0 Å². The number of rotatable bonds is 2. The van der Waals surface area contributed by atoms with Crippen molar-refractivity contribution in [3.05, 3.63) is 54.2 Å². The third-order valence-electron chi connectivity index (χ3n) is 3.98. The maximum absolute atomic E-state index is 2.33. The molecule has 0 aliphatic rings. The Morgan fingerprint density at radius 1 is 0.818 bits per heavy atom. The summed E-state index contributed by atoms with van der Waals surface area (Å²) in [5, 5.41) is 0. The van der Waals surface area contributed by atoms with Crippen LogP contribution in [0, 0.1) is 0 Å². The van der Waals surface area contributed by atoms with E-state index in [4.69, 9.17) is 0 Å². The molecule has 118 valence electrons. The van der Waals surface area contributed by atoms with Crippen LogP contribution in [-0.2, 0) is 11.0 Å². The minimum absolute atomic E-state index is 0.0432. The Morgan fingerprint density at radius 3 is 2.00 bits per heavy atom. The number of para-hydroxylation sites is 1. The number of pyridine rings is 1. The van der Waals surface area contributed by atoms with Crippen LogP contribution in [0.2, 0.25) is 0 Å². The first-order valence-corrected chi connectivity index (χ1v) is 7.97. The number of aromatic nitrogens is 1. The Balaban J connectivity index is 2.58. The minimum atomic E-state index is 0.0432. The molecule has 0 amide bonds. The summed E-state index contributed by atoms with van der Waals surface area (Å²) >= 11 is 0. The number of hydrogen-bond donors (Lipinski definition) is 0. The Hall–Kier alpha value is -1.83. The van der Waals surface area contributed by atoms with Crippen molar-refractivity contribution in [1.82, 2.24) is 0 Å². The van der Waals surface area contributed by atoms with Gasteiger partial charge in [-0.2, -0.15) is 0 Å². The fraction of sp³-hybridized carbons (Fsp3) is 0.450. The van der Waals surface area contributed by atoms with Crippen molar-refractivity contribution in [1.29, 1.82) is 0 Å². The van der Waals surface area contributed by atoms with E-state index in [1.165, 1.54) is 17.1 Å². The summed E-state index contributed by atoms with van der Waals surface area (Å²) in [4.78, 5) is 2.30. The fourth-order valence-electron chi connectivity index (χ4n) is 2.80. The van der Waals surface area contributed by atoms with E-state index in [2.05, 4.69) is 107 Å². The highest BCUT2D eigenvalue weighted by atomic mass is 15.2. The zero-order valence-corrected chi connectivity index (χ0v) is 15.0. The highest BCUT2D eigenvalue weighted by molar-refractivity contribution is 5.63. The molecule has 0 unspecified atom stereocenters. The highest BCUT2D eigenvalue weighted by Gasteiger charge is 2.29. The van der Waals surface area contributed by atoms with Crippen LogP contribution >= 0.6 is 0 Å². The summed E-state index contributed by atoms with van der Waals surface area (Å²) in [6.45, 7) is 13.5. The second-order valence-electron chi connectivity index (χ2n) is 7.93.